The second-order valence-electron chi connectivity index (χ2n) is 5.60. The van der Waals surface area contributed by atoms with E-state index in [0.717, 1.165) is 5.56 Å². The molecule has 0 radical (unpaired) electrons. The number of hydrogen-bond acceptors (Lipinski definition) is 6. The van der Waals surface area contributed by atoms with E-state index in [0.29, 0.717) is 11.3 Å². The molecule has 3 aromatic rings. The number of furan rings is 1. The maximum atomic E-state index is 12.1. The number of carbonyl (C=O) groups excluding carboxylic acids is 1. The number of hydrazone groups is 1. The van der Waals surface area contributed by atoms with Gasteiger partial charge in [-0.05, 0) is 61.0 Å². The topological polar surface area (TPSA) is 98.0 Å². The molecule has 1 heterocycles. The van der Waals surface area contributed by atoms with Crippen molar-refractivity contribution in [2.75, 3.05) is 0 Å². The van der Waals surface area contributed by atoms with E-state index in [1.54, 1.807) is 42.5 Å². The van der Waals surface area contributed by atoms with Crippen LogP contribution in [-0.2, 0) is 10.0 Å². The molecule has 0 amide bonds. The molecule has 138 valence electrons. The zero-order valence-corrected chi connectivity index (χ0v) is 15.1. The van der Waals surface area contributed by atoms with E-state index in [1.165, 1.54) is 30.7 Å². The highest BCUT2D eigenvalue weighted by Crippen LogP contribution is 2.14. The summed E-state index contributed by atoms with van der Waals surface area (Å²) in [4.78, 5) is 14.1. The summed E-state index contributed by atoms with van der Waals surface area (Å²) in [5, 5.41) is 3.76. The van der Waals surface area contributed by atoms with Gasteiger partial charge in [0.05, 0.1) is 17.4 Å². The molecule has 0 aliphatic heterocycles. The van der Waals surface area contributed by atoms with Crippen LogP contribution in [0, 0.1) is 6.92 Å². The normalized spacial score (nSPS) is 11.4. The second-order valence-corrected chi connectivity index (χ2v) is 7.26. The molecule has 0 aliphatic rings. The van der Waals surface area contributed by atoms with E-state index in [9.17, 15) is 13.2 Å². The van der Waals surface area contributed by atoms with E-state index >= 15 is 0 Å². The lowest BCUT2D eigenvalue weighted by molar-refractivity contribution is 0.0701. The van der Waals surface area contributed by atoms with Crippen LogP contribution in [0.15, 0.2) is 81.3 Å². The van der Waals surface area contributed by atoms with E-state index in [-0.39, 0.29) is 10.7 Å². The monoisotopic (exact) mass is 384 g/mol. The van der Waals surface area contributed by atoms with Gasteiger partial charge in [0, 0.05) is 0 Å². The number of carbonyl (C=O) groups is 1. The first-order valence-electron chi connectivity index (χ1n) is 7.91. The number of esters is 1. The smallest absolute Gasteiger partial charge is 0.379 e. The maximum absolute atomic E-state index is 12.1. The third kappa shape index (κ3) is 4.83. The van der Waals surface area contributed by atoms with Crippen molar-refractivity contribution in [1.29, 1.82) is 0 Å². The minimum Gasteiger partial charge on any atom is -0.457 e. The minimum absolute atomic E-state index is 0.103. The Hall–Kier alpha value is -3.39. The zero-order chi connectivity index (χ0) is 19.3. The van der Waals surface area contributed by atoms with Gasteiger partial charge in [-0.15, -0.1) is 0 Å². The van der Waals surface area contributed by atoms with Crippen LogP contribution in [-0.4, -0.2) is 20.6 Å². The number of hydrogen-bond donors (Lipinski definition) is 1. The van der Waals surface area contributed by atoms with Crippen molar-refractivity contribution in [2.24, 2.45) is 5.10 Å². The van der Waals surface area contributed by atoms with Crippen LogP contribution in [0.3, 0.4) is 0 Å². The van der Waals surface area contributed by atoms with Crippen molar-refractivity contribution in [3.63, 3.8) is 0 Å². The third-order valence-corrected chi connectivity index (χ3v) is 4.77. The van der Waals surface area contributed by atoms with Crippen LogP contribution >= 0.6 is 0 Å². The van der Waals surface area contributed by atoms with Crippen LogP contribution < -0.4 is 9.57 Å². The second kappa shape index (κ2) is 7.88. The standard InChI is InChI=1S/C19H16N2O5S/c1-14-4-10-17(11-5-14)27(23,24)21-20-13-15-6-8-16(9-7-15)26-19(22)18-3-2-12-25-18/h2-13,21H,1H3/b20-13-. The van der Waals surface area contributed by atoms with Gasteiger partial charge < -0.3 is 9.15 Å². The van der Waals surface area contributed by atoms with Gasteiger partial charge in [0.1, 0.15) is 5.75 Å². The van der Waals surface area contributed by atoms with Gasteiger partial charge in [-0.2, -0.15) is 13.5 Å². The van der Waals surface area contributed by atoms with Gasteiger partial charge in [-0.1, -0.05) is 17.7 Å². The predicted octanol–water partition coefficient (Wildman–Crippen LogP) is 3.12. The van der Waals surface area contributed by atoms with Crippen molar-refractivity contribution in [2.45, 2.75) is 11.8 Å². The van der Waals surface area contributed by atoms with Crippen molar-refractivity contribution in [3.05, 3.63) is 83.8 Å². The predicted molar refractivity (Wildman–Crippen MR) is 99.2 cm³/mol. The summed E-state index contributed by atoms with van der Waals surface area (Å²) >= 11 is 0. The highest BCUT2D eigenvalue weighted by molar-refractivity contribution is 7.89. The lowest BCUT2D eigenvalue weighted by Gasteiger charge is -2.04. The molecule has 7 nitrogen and oxygen atoms in total. The summed E-state index contributed by atoms with van der Waals surface area (Å²) in [6, 6.07) is 15.9. The molecule has 0 fully saturated rings. The largest absolute Gasteiger partial charge is 0.457 e. The fraction of sp³-hybridized carbons (Fsp3) is 0.0526. The van der Waals surface area contributed by atoms with Crippen LogP contribution in [0.2, 0.25) is 0 Å². The lowest BCUT2D eigenvalue weighted by atomic mass is 10.2. The number of nitrogens with zero attached hydrogens (tertiary/aromatic N) is 1. The van der Waals surface area contributed by atoms with Crippen molar-refractivity contribution in [1.82, 2.24) is 4.83 Å². The Kier molecular flexibility index (Phi) is 5.37. The third-order valence-electron chi connectivity index (χ3n) is 3.53. The molecular formula is C19H16N2O5S. The number of sulfonamides is 1. The van der Waals surface area contributed by atoms with Crippen molar-refractivity contribution in [3.8, 4) is 5.75 Å². The van der Waals surface area contributed by atoms with Crippen molar-refractivity contribution < 1.29 is 22.4 Å². The molecule has 0 bridgehead atoms. The molecule has 3 rings (SSSR count). The number of aryl methyl sites for hydroxylation is 1. The van der Waals surface area contributed by atoms with Crippen LogP contribution in [0.5, 0.6) is 5.75 Å². The summed E-state index contributed by atoms with van der Waals surface area (Å²) in [5.74, 6) is -0.174. The Morgan fingerprint density at radius 3 is 2.41 bits per heavy atom. The molecule has 1 N–H and O–H groups in total. The Bertz CT molecular complexity index is 1040. The summed E-state index contributed by atoms with van der Waals surface area (Å²) in [6.45, 7) is 1.87. The van der Waals surface area contributed by atoms with Gasteiger partial charge in [0.2, 0.25) is 5.76 Å². The summed E-state index contributed by atoms with van der Waals surface area (Å²) in [5.41, 5.74) is 1.59. The van der Waals surface area contributed by atoms with Crippen LogP contribution in [0.4, 0.5) is 0 Å². The summed E-state index contributed by atoms with van der Waals surface area (Å²) in [6.07, 6.45) is 2.73. The highest BCUT2D eigenvalue weighted by atomic mass is 32.2. The molecular weight excluding hydrogens is 368 g/mol. The average Bonchev–Trinajstić information content (AvgIpc) is 3.18. The van der Waals surface area contributed by atoms with Gasteiger partial charge in [-0.3, -0.25) is 0 Å². The molecule has 0 saturated carbocycles. The van der Waals surface area contributed by atoms with E-state index in [1.807, 2.05) is 6.92 Å². The molecule has 0 saturated heterocycles. The zero-order valence-electron chi connectivity index (χ0n) is 14.3. The first kappa shape index (κ1) is 18.4. The minimum atomic E-state index is -3.72. The van der Waals surface area contributed by atoms with E-state index in [2.05, 4.69) is 9.93 Å². The maximum Gasteiger partial charge on any atom is 0.379 e. The van der Waals surface area contributed by atoms with Gasteiger partial charge in [-0.25, -0.2) is 9.63 Å². The quantitative estimate of drug-likeness (QED) is 0.305. The Morgan fingerprint density at radius 2 is 1.78 bits per heavy atom. The van der Waals surface area contributed by atoms with E-state index < -0.39 is 16.0 Å². The van der Waals surface area contributed by atoms with E-state index in [4.69, 9.17) is 9.15 Å². The molecule has 27 heavy (non-hydrogen) atoms. The number of benzene rings is 2. The first-order chi connectivity index (χ1) is 12.9. The van der Waals surface area contributed by atoms with Gasteiger partial charge in [0.25, 0.3) is 10.0 Å². The van der Waals surface area contributed by atoms with Gasteiger partial charge in [0.15, 0.2) is 0 Å². The molecule has 0 unspecified atom stereocenters. The molecule has 0 spiro atoms. The summed E-state index contributed by atoms with van der Waals surface area (Å²) in [7, 11) is -3.72. The van der Waals surface area contributed by atoms with Gasteiger partial charge >= 0.3 is 5.97 Å². The first-order valence-corrected chi connectivity index (χ1v) is 9.40. The number of rotatable bonds is 6. The number of nitrogens with one attached hydrogen (secondary N) is 1. The molecule has 0 aliphatic carbocycles. The van der Waals surface area contributed by atoms with Crippen LogP contribution in [0.25, 0.3) is 0 Å². The molecule has 0 atom stereocenters. The molecule has 1 aromatic heterocycles. The summed E-state index contributed by atoms with van der Waals surface area (Å²) < 4.78 is 34.4. The highest BCUT2D eigenvalue weighted by Gasteiger charge is 2.12. The number of ether oxygens (including phenoxy) is 1. The van der Waals surface area contributed by atoms with Crippen LogP contribution in [0.1, 0.15) is 21.7 Å². The lowest BCUT2D eigenvalue weighted by Crippen LogP contribution is -2.18. The Labute approximate surface area is 156 Å². The average molecular weight is 384 g/mol. The Balaban J connectivity index is 1.60. The molecule has 8 heteroatoms. The Morgan fingerprint density at radius 1 is 1.07 bits per heavy atom. The fourth-order valence-corrected chi connectivity index (χ4v) is 2.91. The fourth-order valence-electron chi connectivity index (χ4n) is 2.11. The molecule has 2 aromatic carbocycles. The SMILES string of the molecule is Cc1ccc(S(=O)(=O)N/N=C\c2ccc(OC(=O)c3ccco3)cc2)cc1. The van der Waals surface area contributed by atoms with Crippen molar-refractivity contribution >= 4 is 22.2 Å².